The lowest BCUT2D eigenvalue weighted by Crippen LogP contribution is -2.12. The minimum atomic E-state index is 0.302. The molecule has 1 unspecified atom stereocenters. The number of hydrogen-bond donors (Lipinski definition) is 2. The topological polar surface area (TPSA) is 72.5 Å². The van der Waals surface area contributed by atoms with Crippen LogP contribution in [0.25, 0.3) is 11.3 Å². The molecule has 0 spiro atoms. The summed E-state index contributed by atoms with van der Waals surface area (Å²) in [4.78, 5) is 7.84. The van der Waals surface area contributed by atoms with Crippen LogP contribution in [0.5, 0.6) is 0 Å². The smallest absolute Gasteiger partial charge is 0.110 e. The Hall–Kier alpha value is -1.62. The van der Waals surface area contributed by atoms with Crippen molar-refractivity contribution >= 4 is 0 Å². The third kappa shape index (κ3) is 2.06. The van der Waals surface area contributed by atoms with Crippen LogP contribution in [0, 0.1) is 13.8 Å². The Bertz CT molecular complexity index is 534. The minimum absolute atomic E-state index is 0.302. The summed E-state index contributed by atoms with van der Waals surface area (Å²) in [5.41, 5.74) is 10.1. The first-order valence-corrected chi connectivity index (χ1v) is 6.34. The zero-order chi connectivity index (χ0) is 13.3. The van der Waals surface area contributed by atoms with Gasteiger partial charge in [-0.15, -0.1) is 0 Å². The maximum absolute atomic E-state index is 5.75. The molecule has 2 aromatic rings. The van der Waals surface area contributed by atoms with E-state index in [9.17, 15) is 0 Å². The average Bonchev–Trinajstić information content (AvgIpc) is 2.88. The lowest BCUT2D eigenvalue weighted by Gasteiger charge is -2.07. The Labute approximate surface area is 107 Å². The van der Waals surface area contributed by atoms with E-state index in [0.717, 1.165) is 34.9 Å². The number of rotatable bonds is 4. The number of hydrogen-bond acceptors (Lipinski definition) is 3. The molecule has 0 aliphatic carbocycles. The number of H-pyrrole nitrogens is 1. The molecule has 5 nitrogen and oxygen atoms in total. The van der Waals surface area contributed by atoms with Gasteiger partial charge in [-0.3, -0.25) is 4.68 Å². The second-order valence-corrected chi connectivity index (χ2v) is 4.69. The van der Waals surface area contributed by atoms with E-state index in [4.69, 9.17) is 5.73 Å². The lowest BCUT2D eigenvalue weighted by molar-refractivity contribution is 0.639. The number of aryl methyl sites for hydroxylation is 2. The number of aromatic nitrogens is 4. The van der Waals surface area contributed by atoms with Gasteiger partial charge in [0.2, 0.25) is 0 Å². The molecular weight excluding hydrogens is 226 g/mol. The second kappa shape index (κ2) is 4.94. The third-order valence-electron chi connectivity index (χ3n) is 3.54. The van der Waals surface area contributed by atoms with Gasteiger partial charge in [0.15, 0.2) is 0 Å². The van der Waals surface area contributed by atoms with E-state index in [-0.39, 0.29) is 0 Å². The Kier molecular flexibility index (Phi) is 3.52. The zero-order valence-corrected chi connectivity index (χ0v) is 11.5. The van der Waals surface area contributed by atoms with Crippen molar-refractivity contribution in [1.82, 2.24) is 19.7 Å². The first-order valence-electron chi connectivity index (χ1n) is 6.34. The lowest BCUT2D eigenvalue weighted by atomic mass is 10.1. The molecule has 0 aliphatic rings. The molecular formula is C13H21N5. The molecule has 0 bridgehead atoms. The van der Waals surface area contributed by atoms with Gasteiger partial charge in [0.1, 0.15) is 5.82 Å². The highest BCUT2D eigenvalue weighted by Crippen LogP contribution is 2.26. The van der Waals surface area contributed by atoms with Gasteiger partial charge in [-0.05, 0) is 20.3 Å². The van der Waals surface area contributed by atoms with Gasteiger partial charge in [0, 0.05) is 30.8 Å². The van der Waals surface area contributed by atoms with Crippen molar-refractivity contribution in [2.24, 2.45) is 12.8 Å². The van der Waals surface area contributed by atoms with Crippen LogP contribution in [0.1, 0.15) is 36.5 Å². The Morgan fingerprint density at radius 2 is 2.17 bits per heavy atom. The molecule has 0 aliphatic heterocycles. The molecule has 3 N–H and O–H groups in total. The van der Waals surface area contributed by atoms with Crippen molar-refractivity contribution in [3.8, 4) is 11.3 Å². The molecule has 0 saturated heterocycles. The summed E-state index contributed by atoms with van der Waals surface area (Å²) in [5, 5.41) is 4.43. The molecule has 0 amide bonds. The summed E-state index contributed by atoms with van der Waals surface area (Å²) >= 11 is 0. The van der Waals surface area contributed by atoms with Crippen LogP contribution in [-0.2, 0) is 7.05 Å². The molecule has 2 rings (SSSR count). The van der Waals surface area contributed by atoms with Crippen molar-refractivity contribution in [2.45, 2.75) is 33.1 Å². The molecule has 2 heterocycles. The van der Waals surface area contributed by atoms with Crippen molar-refractivity contribution in [2.75, 3.05) is 6.54 Å². The van der Waals surface area contributed by atoms with Gasteiger partial charge in [0.25, 0.3) is 0 Å². The largest absolute Gasteiger partial charge is 0.342 e. The second-order valence-electron chi connectivity index (χ2n) is 4.69. The van der Waals surface area contributed by atoms with E-state index in [0.29, 0.717) is 12.5 Å². The van der Waals surface area contributed by atoms with E-state index >= 15 is 0 Å². The first kappa shape index (κ1) is 12.8. The maximum Gasteiger partial charge on any atom is 0.110 e. The van der Waals surface area contributed by atoms with Gasteiger partial charge in [-0.25, -0.2) is 4.98 Å². The standard InChI is InChI=1S/C13H21N5/c1-5-10(6-14)13-15-7-11(16-13)12-8(2)17-18(4)9(12)3/h7,10H,5-6,14H2,1-4H3,(H,15,16). The van der Waals surface area contributed by atoms with Gasteiger partial charge < -0.3 is 10.7 Å². The van der Waals surface area contributed by atoms with Crippen molar-refractivity contribution in [3.63, 3.8) is 0 Å². The number of nitrogens with zero attached hydrogens (tertiary/aromatic N) is 3. The van der Waals surface area contributed by atoms with Crippen LogP contribution >= 0.6 is 0 Å². The predicted molar refractivity (Wildman–Crippen MR) is 72.4 cm³/mol. The summed E-state index contributed by atoms with van der Waals surface area (Å²) in [6.45, 7) is 6.83. The maximum atomic E-state index is 5.75. The summed E-state index contributed by atoms with van der Waals surface area (Å²) in [7, 11) is 1.96. The fourth-order valence-electron chi connectivity index (χ4n) is 2.31. The highest BCUT2D eigenvalue weighted by Gasteiger charge is 2.16. The number of nitrogens with two attached hydrogens (primary N) is 1. The first-order chi connectivity index (χ1) is 8.58. The number of nitrogens with one attached hydrogen (secondary N) is 1. The highest BCUT2D eigenvalue weighted by molar-refractivity contribution is 5.64. The van der Waals surface area contributed by atoms with Crippen LogP contribution in [-0.4, -0.2) is 26.3 Å². The SMILES string of the molecule is CCC(CN)c1ncc(-c2c(C)nn(C)c2C)[nH]1. The average molecular weight is 247 g/mol. The summed E-state index contributed by atoms with van der Waals surface area (Å²) in [5.74, 6) is 1.27. The van der Waals surface area contributed by atoms with Crippen LogP contribution < -0.4 is 5.73 Å². The molecule has 18 heavy (non-hydrogen) atoms. The predicted octanol–water partition coefficient (Wildman–Crippen LogP) is 1.88. The zero-order valence-electron chi connectivity index (χ0n) is 11.5. The molecule has 0 fully saturated rings. The van der Waals surface area contributed by atoms with E-state index < -0.39 is 0 Å². The van der Waals surface area contributed by atoms with Crippen LogP contribution in [0.15, 0.2) is 6.20 Å². The molecule has 1 atom stereocenters. The van der Waals surface area contributed by atoms with Crippen molar-refractivity contribution in [3.05, 3.63) is 23.4 Å². The molecule has 0 radical (unpaired) electrons. The van der Waals surface area contributed by atoms with Gasteiger partial charge in [0.05, 0.1) is 17.6 Å². The Morgan fingerprint density at radius 3 is 2.67 bits per heavy atom. The van der Waals surface area contributed by atoms with E-state index in [2.05, 4.69) is 28.9 Å². The Balaban J connectivity index is 2.41. The summed E-state index contributed by atoms with van der Waals surface area (Å²) < 4.78 is 1.89. The third-order valence-corrected chi connectivity index (χ3v) is 3.54. The quantitative estimate of drug-likeness (QED) is 0.866. The van der Waals surface area contributed by atoms with E-state index in [1.54, 1.807) is 0 Å². The minimum Gasteiger partial charge on any atom is -0.342 e. The van der Waals surface area contributed by atoms with E-state index in [1.807, 2.05) is 24.9 Å². The Morgan fingerprint density at radius 1 is 1.44 bits per heavy atom. The number of imidazole rings is 1. The highest BCUT2D eigenvalue weighted by atomic mass is 15.3. The fraction of sp³-hybridized carbons (Fsp3) is 0.538. The van der Waals surface area contributed by atoms with E-state index in [1.165, 1.54) is 0 Å². The normalized spacial score (nSPS) is 12.9. The van der Waals surface area contributed by atoms with Crippen molar-refractivity contribution < 1.29 is 0 Å². The molecule has 0 aromatic carbocycles. The monoisotopic (exact) mass is 247 g/mol. The molecule has 0 saturated carbocycles. The van der Waals surface area contributed by atoms with Crippen LogP contribution in [0.4, 0.5) is 0 Å². The van der Waals surface area contributed by atoms with Gasteiger partial charge in [-0.2, -0.15) is 5.10 Å². The molecule has 98 valence electrons. The van der Waals surface area contributed by atoms with Crippen LogP contribution in [0.3, 0.4) is 0 Å². The fourth-order valence-corrected chi connectivity index (χ4v) is 2.31. The number of aromatic amines is 1. The van der Waals surface area contributed by atoms with Gasteiger partial charge in [-0.1, -0.05) is 6.92 Å². The molecule has 5 heteroatoms. The van der Waals surface area contributed by atoms with Crippen molar-refractivity contribution in [1.29, 1.82) is 0 Å². The van der Waals surface area contributed by atoms with Crippen LogP contribution in [0.2, 0.25) is 0 Å². The van der Waals surface area contributed by atoms with Gasteiger partial charge >= 0.3 is 0 Å². The summed E-state index contributed by atoms with van der Waals surface area (Å²) in [6, 6.07) is 0. The molecule has 2 aromatic heterocycles. The summed E-state index contributed by atoms with van der Waals surface area (Å²) in [6.07, 6.45) is 2.87.